The van der Waals surface area contributed by atoms with Crippen molar-refractivity contribution in [2.24, 2.45) is 0 Å². The van der Waals surface area contributed by atoms with Gasteiger partial charge in [-0.2, -0.15) is 5.26 Å². The molecule has 1 aromatic carbocycles. The average molecular weight is 325 g/mol. The summed E-state index contributed by atoms with van der Waals surface area (Å²) in [5.41, 5.74) is -1.67. The van der Waals surface area contributed by atoms with Gasteiger partial charge in [-0.25, -0.2) is 8.78 Å². The SMILES string of the molecule is CCOC(=O)CC(C#N)(CC(=O)OCC)c1ccc(F)c(F)c1. The zero-order chi connectivity index (χ0) is 17.5. The molecule has 1 aromatic rings. The minimum absolute atomic E-state index is 0.0139. The quantitative estimate of drug-likeness (QED) is 0.720. The summed E-state index contributed by atoms with van der Waals surface area (Å²) in [5.74, 6) is -3.70. The van der Waals surface area contributed by atoms with E-state index in [9.17, 15) is 23.6 Å². The number of carbonyl (C=O) groups is 2. The van der Waals surface area contributed by atoms with Crippen molar-refractivity contribution in [2.45, 2.75) is 32.1 Å². The average Bonchev–Trinajstić information content (AvgIpc) is 2.49. The summed E-state index contributed by atoms with van der Waals surface area (Å²) in [7, 11) is 0. The summed E-state index contributed by atoms with van der Waals surface area (Å²) >= 11 is 0. The van der Waals surface area contributed by atoms with Gasteiger partial charge in [0.1, 0.15) is 5.41 Å². The lowest BCUT2D eigenvalue weighted by Crippen LogP contribution is -2.32. The van der Waals surface area contributed by atoms with Gasteiger partial charge in [0.25, 0.3) is 0 Å². The minimum Gasteiger partial charge on any atom is -0.466 e. The first-order valence-corrected chi connectivity index (χ1v) is 7.06. The van der Waals surface area contributed by atoms with Gasteiger partial charge in [0, 0.05) is 0 Å². The predicted octanol–water partition coefficient (Wildman–Crippen LogP) is 2.63. The van der Waals surface area contributed by atoms with E-state index in [0.717, 1.165) is 12.1 Å². The van der Waals surface area contributed by atoms with Gasteiger partial charge in [0.05, 0.1) is 32.1 Å². The van der Waals surface area contributed by atoms with Crippen molar-refractivity contribution in [1.82, 2.24) is 0 Å². The maximum absolute atomic E-state index is 13.5. The molecule has 0 fully saturated rings. The number of nitriles is 1. The van der Waals surface area contributed by atoms with Crippen molar-refractivity contribution in [3.05, 3.63) is 35.4 Å². The topological polar surface area (TPSA) is 76.4 Å². The van der Waals surface area contributed by atoms with Crippen molar-refractivity contribution in [3.8, 4) is 6.07 Å². The number of ether oxygens (including phenoxy) is 2. The summed E-state index contributed by atoms with van der Waals surface area (Å²) < 4.78 is 36.2. The lowest BCUT2D eigenvalue weighted by atomic mass is 9.76. The zero-order valence-corrected chi connectivity index (χ0v) is 12.9. The number of halogens is 2. The number of carbonyl (C=O) groups excluding carboxylic acids is 2. The Morgan fingerprint density at radius 1 is 1.09 bits per heavy atom. The lowest BCUT2D eigenvalue weighted by Gasteiger charge is -2.25. The molecule has 5 nitrogen and oxygen atoms in total. The standard InChI is InChI=1S/C16H17F2NO4/c1-3-22-14(20)8-16(10-19,9-15(21)23-4-2)11-5-6-12(17)13(18)7-11/h5-7H,3-4,8-9H2,1-2H3. The van der Waals surface area contributed by atoms with Gasteiger partial charge >= 0.3 is 11.9 Å². The third-order valence-corrected chi connectivity index (χ3v) is 3.19. The fourth-order valence-electron chi connectivity index (χ4n) is 2.12. The van der Waals surface area contributed by atoms with Crippen LogP contribution in [0.4, 0.5) is 8.78 Å². The molecular weight excluding hydrogens is 308 g/mol. The van der Waals surface area contributed by atoms with Crippen LogP contribution in [0, 0.1) is 23.0 Å². The lowest BCUT2D eigenvalue weighted by molar-refractivity contribution is -0.146. The number of rotatable bonds is 7. The second-order valence-corrected chi connectivity index (χ2v) is 4.79. The maximum atomic E-state index is 13.5. The van der Waals surface area contributed by atoms with E-state index in [1.807, 2.05) is 6.07 Å². The summed E-state index contributed by atoms with van der Waals surface area (Å²) in [5, 5.41) is 9.54. The number of hydrogen-bond donors (Lipinski definition) is 0. The van der Waals surface area contributed by atoms with E-state index in [1.165, 1.54) is 6.07 Å². The van der Waals surface area contributed by atoms with E-state index >= 15 is 0 Å². The van der Waals surface area contributed by atoms with Crippen LogP contribution in [-0.4, -0.2) is 25.2 Å². The van der Waals surface area contributed by atoms with Crippen LogP contribution >= 0.6 is 0 Å². The van der Waals surface area contributed by atoms with Crippen LogP contribution < -0.4 is 0 Å². The summed E-state index contributed by atoms with van der Waals surface area (Å²) in [6.07, 6.45) is -0.942. The molecule has 0 aliphatic heterocycles. The molecule has 0 aliphatic carbocycles. The predicted molar refractivity (Wildman–Crippen MR) is 76.1 cm³/mol. The van der Waals surface area contributed by atoms with Crippen molar-refractivity contribution >= 4 is 11.9 Å². The number of benzene rings is 1. The van der Waals surface area contributed by atoms with Crippen LogP contribution in [0.1, 0.15) is 32.3 Å². The molecular formula is C16H17F2NO4. The summed E-state index contributed by atoms with van der Waals surface area (Å²) in [6.45, 7) is 3.37. The van der Waals surface area contributed by atoms with Gasteiger partial charge in [-0.3, -0.25) is 9.59 Å². The highest BCUT2D eigenvalue weighted by Crippen LogP contribution is 2.33. The largest absolute Gasteiger partial charge is 0.466 e. The van der Waals surface area contributed by atoms with Gasteiger partial charge in [0.2, 0.25) is 0 Å². The van der Waals surface area contributed by atoms with Gasteiger partial charge in [-0.05, 0) is 31.5 Å². The second kappa shape index (κ2) is 8.22. The van der Waals surface area contributed by atoms with E-state index in [1.54, 1.807) is 13.8 Å². The minimum atomic E-state index is -1.69. The smallest absolute Gasteiger partial charge is 0.307 e. The molecule has 0 amide bonds. The molecule has 23 heavy (non-hydrogen) atoms. The Morgan fingerprint density at radius 3 is 2.00 bits per heavy atom. The zero-order valence-electron chi connectivity index (χ0n) is 12.9. The van der Waals surface area contributed by atoms with Crippen LogP contribution in [0.5, 0.6) is 0 Å². The van der Waals surface area contributed by atoms with E-state index < -0.39 is 41.8 Å². The summed E-state index contributed by atoms with van der Waals surface area (Å²) in [4.78, 5) is 23.6. The third kappa shape index (κ3) is 4.74. The molecule has 1 rings (SSSR count). The molecule has 0 radical (unpaired) electrons. The Morgan fingerprint density at radius 2 is 1.61 bits per heavy atom. The monoisotopic (exact) mass is 325 g/mol. The summed E-state index contributed by atoms with van der Waals surface area (Å²) in [6, 6.07) is 4.68. The fraction of sp³-hybridized carbons (Fsp3) is 0.438. The molecule has 124 valence electrons. The van der Waals surface area contributed by atoms with Crippen LogP contribution in [-0.2, 0) is 24.5 Å². The van der Waals surface area contributed by atoms with E-state index in [0.29, 0.717) is 0 Å². The molecule has 0 saturated heterocycles. The first kappa shape index (κ1) is 18.6. The van der Waals surface area contributed by atoms with Crippen molar-refractivity contribution in [3.63, 3.8) is 0 Å². The van der Waals surface area contributed by atoms with E-state index in [-0.39, 0.29) is 18.8 Å². The van der Waals surface area contributed by atoms with Crippen LogP contribution in [0.15, 0.2) is 18.2 Å². The van der Waals surface area contributed by atoms with Crippen molar-refractivity contribution in [1.29, 1.82) is 5.26 Å². The molecule has 0 spiro atoms. The first-order chi connectivity index (χ1) is 10.9. The van der Waals surface area contributed by atoms with E-state index in [4.69, 9.17) is 9.47 Å². The van der Waals surface area contributed by atoms with Crippen LogP contribution in [0.3, 0.4) is 0 Å². The van der Waals surface area contributed by atoms with Gasteiger partial charge in [-0.1, -0.05) is 6.07 Å². The fourth-order valence-corrected chi connectivity index (χ4v) is 2.12. The third-order valence-electron chi connectivity index (χ3n) is 3.19. The first-order valence-electron chi connectivity index (χ1n) is 7.06. The Balaban J connectivity index is 3.26. The molecule has 7 heteroatoms. The molecule has 0 aromatic heterocycles. The number of esters is 2. The van der Waals surface area contributed by atoms with Gasteiger partial charge in [-0.15, -0.1) is 0 Å². The Bertz CT molecular complexity index is 605. The Kier molecular flexibility index (Phi) is 6.64. The molecule has 0 unspecified atom stereocenters. The Hall–Kier alpha value is -2.49. The molecule has 0 bridgehead atoms. The molecule has 0 heterocycles. The highest BCUT2D eigenvalue weighted by molar-refractivity contribution is 5.77. The highest BCUT2D eigenvalue weighted by Gasteiger charge is 2.39. The number of hydrogen-bond acceptors (Lipinski definition) is 5. The van der Waals surface area contributed by atoms with Crippen LogP contribution in [0.2, 0.25) is 0 Å². The van der Waals surface area contributed by atoms with Crippen molar-refractivity contribution in [2.75, 3.05) is 13.2 Å². The maximum Gasteiger partial charge on any atom is 0.307 e. The normalized spacial score (nSPS) is 10.7. The second-order valence-electron chi connectivity index (χ2n) is 4.79. The van der Waals surface area contributed by atoms with Crippen molar-refractivity contribution < 1.29 is 27.8 Å². The highest BCUT2D eigenvalue weighted by atomic mass is 19.2. The number of nitrogens with zero attached hydrogens (tertiary/aromatic N) is 1. The van der Waals surface area contributed by atoms with Crippen LogP contribution in [0.25, 0.3) is 0 Å². The van der Waals surface area contributed by atoms with Gasteiger partial charge < -0.3 is 9.47 Å². The van der Waals surface area contributed by atoms with Gasteiger partial charge in [0.15, 0.2) is 11.6 Å². The molecule has 0 atom stereocenters. The molecule has 0 aliphatic rings. The molecule has 0 N–H and O–H groups in total. The molecule has 0 saturated carbocycles. The Labute approximate surface area is 132 Å². The van der Waals surface area contributed by atoms with E-state index in [2.05, 4.69) is 0 Å².